The van der Waals surface area contributed by atoms with Crippen molar-refractivity contribution in [2.45, 2.75) is 30.1 Å². The molecule has 0 aliphatic heterocycles. The molecule has 0 aromatic heterocycles. The number of rotatable bonds is 12. The van der Waals surface area contributed by atoms with E-state index >= 15 is 8.78 Å². The summed E-state index contributed by atoms with van der Waals surface area (Å²) in [6, 6.07) is 112. The van der Waals surface area contributed by atoms with Gasteiger partial charge in [0.2, 0.25) is 0 Å². The average Bonchev–Trinajstić information content (AvgIpc) is 1.52. The molecule has 0 fully saturated rings. The molecule has 0 radical (unpaired) electrons. The van der Waals surface area contributed by atoms with Crippen LogP contribution in [0.25, 0.3) is 56.7 Å². The van der Waals surface area contributed by atoms with E-state index in [0.717, 1.165) is 134 Å². The fourth-order valence-electron chi connectivity index (χ4n) is 17.2. The van der Waals surface area contributed by atoms with Gasteiger partial charge in [0.15, 0.2) is 0 Å². The van der Waals surface area contributed by atoms with Crippen LogP contribution in [0.2, 0.25) is 0 Å². The summed E-state index contributed by atoms with van der Waals surface area (Å²) in [4.78, 5) is 4.23. The summed E-state index contributed by atoms with van der Waals surface area (Å²) in [5.41, 5.74) is 28.6. The Morgan fingerprint density at radius 3 is 0.804 bits per heavy atom. The highest BCUT2D eigenvalue weighted by Gasteiger charge is 2.53. The van der Waals surface area contributed by atoms with Crippen molar-refractivity contribution in [1.29, 1.82) is 0 Å². The van der Waals surface area contributed by atoms with Crippen molar-refractivity contribution in [2.24, 2.45) is 0 Å². The first-order valence-corrected chi connectivity index (χ1v) is 33.3. The fraction of sp³-hybridized carbons (Fsp3) is 0.0538. The summed E-state index contributed by atoms with van der Waals surface area (Å²) in [5, 5.41) is 0. The molecule has 0 heterocycles. The molecular formula is C93H64F2N2. The van der Waals surface area contributed by atoms with Crippen molar-refractivity contribution in [3.63, 3.8) is 0 Å². The molecule has 0 N–H and O–H groups in total. The highest BCUT2D eigenvalue weighted by atomic mass is 19.1. The van der Waals surface area contributed by atoms with Crippen molar-refractivity contribution < 1.29 is 8.78 Å². The van der Waals surface area contributed by atoms with Gasteiger partial charge in [-0.2, -0.15) is 0 Å². The molecule has 2 unspecified atom stereocenters. The van der Waals surface area contributed by atoms with Crippen LogP contribution in [-0.2, 0) is 16.2 Å². The molecule has 4 heteroatoms. The number of halogens is 2. The highest BCUT2D eigenvalue weighted by molar-refractivity contribution is 5.99. The zero-order valence-corrected chi connectivity index (χ0v) is 53.7. The minimum atomic E-state index is -0.888. The van der Waals surface area contributed by atoms with Gasteiger partial charge in [0.05, 0.1) is 27.6 Å². The maximum absolute atomic E-state index is 17.4. The Balaban J connectivity index is 0.859. The molecule has 1 spiro atoms. The Morgan fingerprint density at radius 2 is 0.505 bits per heavy atom. The minimum absolute atomic E-state index is 0.346. The molecule has 0 saturated heterocycles. The normalized spacial score (nSPS) is 16.9. The third-order valence-corrected chi connectivity index (χ3v) is 21.5. The van der Waals surface area contributed by atoms with E-state index in [9.17, 15) is 0 Å². The van der Waals surface area contributed by atoms with Crippen LogP contribution in [0.4, 0.5) is 42.9 Å². The van der Waals surface area contributed by atoms with E-state index in [1.807, 2.05) is 36.4 Å². The standard InChI is InChI=1S/C93H64F2N2/c1-5-61-35-43-65(44-36-61)91(63-39-31-59(3)32-40-63)79-23-11-7-19-71(79)75-51-47-67(55-83(75)91)96(89-29-17-15-27-87(89)94)69-49-53-77-73-21-9-13-25-81(73)93(85(77)57-69)82-26-14-10-22-74(82)78-54-50-70(58-86(78)93)97(90-30-18-16-28-88(90)95)68-48-52-76-72-20-8-12-24-80(72)92(84(76)56-68,64-41-33-60(4)34-42-64)66-45-37-62(6-2)38-46-66/h5-58H,1-2H2,3-4H3. The van der Waals surface area contributed by atoms with Gasteiger partial charge in [0, 0.05) is 22.7 Å². The van der Waals surface area contributed by atoms with E-state index < -0.39 is 16.2 Å². The summed E-state index contributed by atoms with van der Waals surface area (Å²) >= 11 is 0. The lowest BCUT2D eigenvalue weighted by Gasteiger charge is -2.36. The lowest BCUT2D eigenvalue weighted by Crippen LogP contribution is -2.29. The molecule has 14 aromatic carbocycles. The van der Waals surface area contributed by atoms with Gasteiger partial charge in [-0.15, -0.1) is 0 Å². The van der Waals surface area contributed by atoms with Crippen molar-refractivity contribution in [3.05, 3.63) is 429 Å². The third-order valence-electron chi connectivity index (χ3n) is 21.5. The number of aryl methyl sites for hydroxylation is 2. The van der Waals surface area contributed by atoms with Crippen LogP contribution in [0, 0.1) is 25.5 Å². The molecular weight excluding hydrogens is 1180 g/mol. The van der Waals surface area contributed by atoms with Crippen LogP contribution >= 0.6 is 0 Å². The molecule has 0 bridgehead atoms. The lowest BCUT2D eigenvalue weighted by atomic mass is 9.67. The molecule has 4 aliphatic carbocycles. The number of fused-ring (bicyclic) bond motifs is 16. The van der Waals surface area contributed by atoms with Crippen LogP contribution in [0.1, 0.15) is 89.0 Å². The minimum Gasteiger partial charge on any atom is -0.308 e. The summed E-state index contributed by atoms with van der Waals surface area (Å²) in [5.74, 6) is -0.692. The van der Waals surface area contributed by atoms with E-state index in [2.05, 4.69) is 304 Å². The van der Waals surface area contributed by atoms with Crippen LogP contribution in [0.15, 0.2) is 329 Å². The lowest BCUT2D eigenvalue weighted by molar-refractivity contribution is 0.628. The van der Waals surface area contributed by atoms with Crippen LogP contribution in [0.3, 0.4) is 0 Å². The van der Waals surface area contributed by atoms with Gasteiger partial charge in [-0.3, -0.25) is 0 Å². The van der Waals surface area contributed by atoms with Gasteiger partial charge in [-0.25, -0.2) is 8.78 Å². The Labute approximate surface area is 565 Å². The first-order chi connectivity index (χ1) is 47.6. The van der Waals surface area contributed by atoms with E-state index in [1.165, 1.54) is 22.3 Å². The zero-order valence-electron chi connectivity index (χ0n) is 53.7. The van der Waals surface area contributed by atoms with Crippen LogP contribution in [0.5, 0.6) is 0 Å². The van der Waals surface area contributed by atoms with Crippen molar-refractivity contribution >= 4 is 46.3 Å². The van der Waals surface area contributed by atoms with Crippen molar-refractivity contribution in [3.8, 4) is 44.5 Å². The van der Waals surface area contributed by atoms with E-state index in [-0.39, 0.29) is 11.6 Å². The van der Waals surface area contributed by atoms with Gasteiger partial charge in [-0.05, 0) is 209 Å². The predicted molar refractivity (Wildman–Crippen MR) is 396 cm³/mol. The van der Waals surface area contributed by atoms with E-state index in [1.54, 1.807) is 24.3 Å². The summed E-state index contributed by atoms with van der Waals surface area (Å²) in [7, 11) is 0. The van der Waals surface area contributed by atoms with Crippen LogP contribution in [-0.4, -0.2) is 0 Å². The van der Waals surface area contributed by atoms with Gasteiger partial charge in [0.1, 0.15) is 11.6 Å². The zero-order chi connectivity index (χ0) is 65.3. The SMILES string of the molecule is C=Cc1ccc(C2(c3ccc(C)cc3)c3ccccc3-c3ccc(N(c4ccc5c(c4)C4(c6ccccc6-5)c5ccccc5-c5ccc(N(c6ccc7c(c6)C(c6ccc(C)cc6)(c6ccc(C=C)cc6)c6ccccc6-7)c6ccccc6F)cc54)c4ccccc4F)cc32)cc1. The molecule has 4 aliphatic rings. The highest BCUT2D eigenvalue weighted by Crippen LogP contribution is 2.66. The first kappa shape index (κ1) is 57.7. The topological polar surface area (TPSA) is 6.48 Å². The molecule has 14 aromatic rings. The second-order valence-electron chi connectivity index (χ2n) is 26.3. The Bertz CT molecular complexity index is 5220. The third kappa shape index (κ3) is 8.23. The number of hydrogen-bond acceptors (Lipinski definition) is 2. The van der Waals surface area contributed by atoms with Crippen molar-refractivity contribution in [2.75, 3.05) is 9.80 Å². The summed E-state index contributed by atoms with van der Waals surface area (Å²) in [6.07, 6.45) is 3.78. The van der Waals surface area contributed by atoms with Gasteiger partial charge in [0.25, 0.3) is 0 Å². The van der Waals surface area contributed by atoms with Gasteiger partial charge < -0.3 is 9.80 Å². The molecule has 2 nitrogen and oxygen atoms in total. The molecule has 2 atom stereocenters. The quantitative estimate of drug-likeness (QED) is 0.120. The maximum Gasteiger partial charge on any atom is 0.147 e. The maximum atomic E-state index is 17.4. The summed E-state index contributed by atoms with van der Waals surface area (Å²) < 4.78 is 34.8. The second kappa shape index (κ2) is 22.1. The monoisotopic (exact) mass is 1250 g/mol. The van der Waals surface area contributed by atoms with Crippen LogP contribution < -0.4 is 9.80 Å². The number of para-hydroxylation sites is 2. The second-order valence-corrected chi connectivity index (χ2v) is 26.3. The number of nitrogens with zero attached hydrogens (tertiary/aromatic N) is 2. The molecule has 18 rings (SSSR count). The molecule has 0 amide bonds. The van der Waals surface area contributed by atoms with Gasteiger partial charge in [-0.1, -0.05) is 279 Å². The summed E-state index contributed by atoms with van der Waals surface area (Å²) in [6.45, 7) is 12.5. The molecule has 97 heavy (non-hydrogen) atoms. The first-order valence-electron chi connectivity index (χ1n) is 33.3. The van der Waals surface area contributed by atoms with E-state index in [4.69, 9.17) is 0 Å². The van der Waals surface area contributed by atoms with Crippen molar-refractivity contribution in [1.82, 2.24) is 0 Å². The molecule has 0 saturated carbocycles. The fourth-order valence-corrected chi connectivity index (χ4v) is 17.2. The Hall–Kier alpha value is -12.0. The largest absolute Gasteiger partial charge is 0.308 e. The number of anilines is 6. The Kier molecular flexibility index (Phi) is 13.1. The number of benzene rings is 14. The smallest absolute Gasteiger partial charge is 0.147 e. The van der Waals surface area contributed by atoms with Gasteiger partial charge >= 0.3 is 0 Å². The van der Waals surface area contributed by atoms with E-state index in [0.29, 0.717) is 11.4 Å². The average molecular weight is 1250 g/mol. The molecule has 460 valence electrons. The number of hydrogen-bond donors (Lipinski definition) is 0. The Morgan fingerprint density at radius 1 is 0.258 bits per heavy atom. The predicted octanol–water partition coefficient (Wildman–Crippen LogP) is 23.9.